The van der Waals surface area contributed by atoms with Gasteiger partial charge in [-0.3, -0.25) is 9.69 Å². The number of aliphatic hydroxyl groups is 1. The number of hydrogen-bond donors (Lipinski definition) is 2. The molecule has 0 bridgehead atoms. The fourth-order valence-corrected chi connectivity index (χ4v) is 7.95. The first-order valence-electron chi connectivity index (χ1n) is 13.2. The summed E-state index contributed by atoms with van der Waals surface area (Å²) in [7, 11) is 0. The van der Waals surface area contributed by atoms with E-state index in [1.165, 1.54) is 12.8 Å². The molecule has 6 nitrogen and oxygen atoms in total. The van der Waals surface area contributed by atoms with Crippen LogP contribution in [0, 0.1) is 12.8 Å². The van der Waals surface area contributed by atoms with Crippen LogP contribution in [0.2, 0.25) is 0 Å². The van der Waals surface area contributed by atoms with Crippen molar-refractivity contribution in [2.75, 3.05) is 13.1 Å². The zero-order valence-corrected chi connectivity index (χ0v) is 20.5. The number of carbonyl (C=O) groups is 1. The minimum atomic E-state index is -0.999. The van der Waals surface area contributed by atoms with Gasteiger partial charge in [-0.1, -0.05) is 24.3 Å². The standard InChI is InChI=1S/C29H34N2O4/c1-17-7-10-23(32)25-24(17)28-13-14-30(15-19-8-9-19)18(2)29(28,34)12-11-22(26(28)35-25)31-16-20-5-3-4-6-21(20)27(31)33/h3-7,10,18-19,22,26,32,34H,8-9,11-16H2,1-2H3/t18-,22-,26+,28+,29-/m1/s1. The van der Waals surface area contributed by atoms with Crippen LogP contribution in [0.25, 0.3) is 0 Å². The van der Waals surface area contributed by atoms with Gasteiger partial charge in [-0.25, -0.2) is 0 Å². The van der Waals surface area contributed by atoms with Gasteiger partial charge in [0.15, 0.2) is 11.5 Å². The number of aromatic hydroxyl groups is 1. The molecule has 2 aliphatic carbocycles. The highest BCUT2D eigenvalue weighted by Gasteiger charge is 2.71. The lowest BCUT2D eigenvalue weighted by Crippen LogP contribution is -2.75. The molecule has 2 N–H and O–H groups in total. The molecular formula is C29H34N2O4. The molecule has 0 radical (unpaired) electrons. The lowest BCUT2D eigenvalue weighted by Gasteiger charge is -2.62. The lowest BCUT2D eigenvalue weighted by atomic mass is 9.51. The smallest absolute Gasteiger partial charge is 0.254 e. The molecular weight excluding hydrogens is 440 g/mol. The van der Waals surface area contributed by atoms with Crippen LogP contribution in [0.3, 0.4) is 0 Å². The molecule has 0 unspecified atom stereocenters. The Hall–Kier alpha value is -2.57. The van der Waals surface area contributed by atoms with E-state index in [1.807, 2.05) is 35.2 Å². The molecule has 0 aromatic heterocycles. The highest BCUT2D eigenvalue weighted by atomic mass is 16.5. The zero-order chi connectivity index (χ0) is 24.1. The van der Waals surface area contributed by atoms with Crippen molar-refractivity contribution < 1.29 is 19.7 Å². The molecule has 3 heterocycles. The first-order valence-corrected chi connectivity index (χ1v) is 13.2. The van der Waals surface area contributed by atoms with E-state index in [1.54, 1.807) is 6.07 Å². The summed E-state index contributed by atoms with van der Waals surface area (Å²) in [5.74, 6) is 1.43. The van der Waals surface area contributed by atoms with Crippen molar-refractivity contribution in [2.45, 2.75) is 81.7 Å². The Kier molecular flexibility index (Phi) is 4.48. The normalized spacial score (nSPS) is 35.8. The Balaban J connectivity index is 1.35. The fraction of sp³-hybridized carbons (Fsp3) is 0.552. The molecule has 3 aliphatic heterocycles. The first kappa shape index (κ1) is 21.7. The third-order valence-electron chi connectivity index (χ3n) is 9.94. The van der Waals surface area contributed by atoms with Crippen LogP contribution >= 0.6 is 0 Å². The van der Waals surface area contributed by atoms with E-state index in [9.17, 15) is 15.0 Å². The van der Waals surface area contributed by atoms with Crippen molar-refractivity contribution in [3.05, 3.63) is 58.7 Å². The SMILES string of the molecule is Cc1ccc(O)c2c1[C@]13CCN(CC4CC4)[C@H](C)[C@]1(O)CC[C@@H](N1Cc4ccccc4C1=O)[C@@H]3O2. The predicted octanol–water partition coefficient (Wildman–Crippen LogP) is 3.75. The van der Waals surface area contributed by atoms with Gasteiger partial charge in [0.05, 0.1) is 17.1 Å². The van der Waals surface area contributed by atoms with Crippen LogP contribution in [-0.4, -0.2) is 62.8 Å². The van der Waals surface area contributed by atoms with Gasteiger partial charge < -0.3 is 19.8 Å². The average Bonchev–Trinajstić information content (AvgIpc) is 3.51. The third-order valence-corrected chi connectivity index (χ3v) is 9.94. The summed E-state index contributed by atoms with van der Waals surface area (Å²) < 4.78 is 6.67. The number of aryl methyl sites for hydroxylation is 1. The number of nitrogens with zero attached hydrogens (tertiary/aromatic N) is 2. The van der Waals surface area contributed by atoms with Gasteiger partial charge in [-0.15, -0.1) is 0 Å². The summed E-state index contributed by atoms with van der Waals surface area (Å²) in [4.78, 5) is 18.0. The minimum Gasteiger partial charge on any atom is -0.504 e. The Bertz CT molecular complexity index is 1230. The number of phenolic OH excluding ortho intramolecular Hbond substituents is 1. The van der Waals surface area contributed by atoms with Crippen molar-refractivity contribution in [3.8, 4) is 11.5 Å². The Labute approximate surface area is 206 Å². The fourth-order valence-electron chi connectivity index (χ4n) is 7.95. The Morgan fingerprint density at radius 2 is 1.91 bits per heavy atom. The van der Waals surface area contributed by atoms with Crippen molar-refractivity contribution in [2.24, 2.45) is 5.92 Å². The number of benzene rings is 2. The molecule has 6 heteroatoms. The molecule has 1 spiro atoms. The third kappa shape index (κ3) is 2.75. The topological polar surface area (TPSA) is 73.2 Å². The molecule has 7 rings (SSSR count). The van der Waals surface area contributed by atoms with Crippen molar-refractivity contribution >= 4 is 5.91 Å². The number of likely N-dealkylation sites (tertiary alicyclic amines) is 1. The van der Waals surface area contributed by atoms with Gasteiger partial charge in [-0.2, -0.15) is 0 Å². The van der Waals surface area contributed by atoms with Crippen LogP contribution in [0.1, 0.15) is 66.1 Å². The van der Waals surface area contributed by atoms with E-state index in [0.29, 0.717) is 25.1 Å². The second kappa shape index (κ2) is 7.23. The highest BCUT2D eigenvalue weighted by molar-refractivity contribution is 5.98. The average molecular weight is 475 g/mol. The maximum absolute atomic E-state index is 13.5. The van der Waals surface area contributed by atoms with Gasteiger partial charge in [0, 0.05) is 30.3 Å². The molecule has 2 aromatic carbocycles. The second-order valence-corrected chi connectivity index (χ2v) is 11.6. The first-order chi connectivity index (χ1) is 16.8. The lowest BCUT2D eigenvalue weighted by molar-refractivity contribution is -0.189. The predicted molar refractivity (Wildman–Crippen MR) is 132 cm³/mol. The largest absolute Gasteiger partial charge is 0.504 e. The monoisotopic (exact) mass is 474 g/mol. The summed E-state index contributed by atoms with van der Waals surface area (Å²) >= 11 is 0. The number of hydrogen-bond acceptors (Lipinski definition) is 5. The van der Waals surface area contributed by atoms with E-state index in [0.717, 1.165) is 47.7 Å². The maximum Gasteiger partial charge on any atom is 0.254 e. The summed E-state index contributed by atoms with van der Waals surface area (Å²) in [5, 5.41) is 23.5. The number of fused-ring (bicyclic) bond motifs is 2. The van der Waals surface area contributed by atoms with E-state index < -0.39 is 17.1 Å². The summed E-state index contributed by atoms with van der Waals surface area (Å²) in [6.45, 7) is 6.73. The van der Waals surface area contributed by atoms with Crippen LogP contribution in [-0.2, 0) is 12.0 Å². The van der Waals surface area contributed by atoms with Crippen molar-refractivity contribution in [1.82, 2.24) is 9.80 Å². The van der Waals surface area contributed by atoms with Gasteiger partial charge in [-0.05, 0) is 81.7 Å². The number of rotatable bonds is 3. The maximum atomic E-state index is 13.5. The molecule has 5 aliphatic rings. The zero-order valence-electron chi connectivity index (χ0n) is 20.5. The molecule has 1 saturated heterocycles. The van der Waals surface area contributed by atoms with Crippen LogP contribution in [0.15, 0.2) is 36.4 Å². The summed E-state index contributed by atoms with van der Waals surface area (Å²) in [6.07, 6.45) is 4.22. The summed E-state index contributed by atoms with van der Waals surface area (Å²) in [5.41, 5.74) is 2.15. The van der Waals surface area contributed by atoms with Crippen molar-refractivity contribution in [3.63, 3.8) is 0 Å². The van der Waals surface area contributed by atoms with Crippen molar-refractivity contribution in [1.29, 1.82) is 0 Å². The number of phenols is 1. The van der Waals surface area contributed by atoms with Gasteiger partial charge in [0.25, 0.3) is 5.91 Å². The molecule has 1 amide bonds. The van der Waals surface area contributed by atoms with Gasteiger partial charge in [0.2, 0.25) is 0 Å². The Morgan fingerprint density at radius 3 is 2.69 bits per heavy atom. The van der Waals surface area contributed by atoms with Crippen LogP contribution in [0.5, 0.6) is 11.5 Å². The molecule has 3 fully saturated rings. The van der Waals surface area contributed by atoms with E-state index in [4.69, 9.17) is 4.74 Å². The molecule has 5 atom stereocenters. The van der Waals surface area contributed by atoms with Crippen LogP contribution in [0.4, 0.5) is 0 Å². The minimum absolute atomic E-state index is 0.0249. The quantitative estimate of drug-likeness (QED) is 0.709. The molecule has 2 aromatic rings. The molecule has 35 heavy (non-hydrogen) atoms. The molecule has 184 valence electrons. The van der Waals surface area contributed by atoms with E-state index in [2.05, 4.69) is 18.7 Å². The van der Waals surface area contributed by atoms with Crippen LogP contribution < -0.4 is 4.74 Å². The molecule has 2 saturated carbocycles. The van der Waals surface area contributed by atoms with Gasteiger partial charge in [0.1, 0.15) is 6.10 Å². The number of carbonyl (C=O) groups excluding carboxylic acids is 1. The summed E-state index contributed by atoms with van der Waals surface area (Å²) in [6, 6.07) is 11.3. The van der Waals surface area contributed by atoms with Gasteiger partial charge >= 0.3 is 0 Å². The van der Waals surface area contributed by atoms with E-state index in [-0.39, 0.29) is 23.7 Å². The number of ether oxygens (including phenoxy) is 1. The number of piperidine rings is 1. The van der Waals surface area contributed by atoms with E-state index >= 15 is 0 Å². The Morgan fingerprint density at radius 1 is 1.11 bits per heavy atom. The number of amides is 1. The second-order valence-electron chi connectivity index (χ2n) is 11.6. The highest BCUT2D eigenvalue weighted by Crippen LogP contribution is 2.63.